The molecule has 0 fully saturated rings. The molecule has 4 heterocycles. The molecule has 112 valence electrons. The molecule has 0 unspecified atom stereocenters. The molecule has 4 rings (SSSR count). The zero-order chi connectivity index (χ0) is 14.9. The SMILES string of the molecule is CN1CCc2c(c3ccncc3n2CCc2ccncc2)C1. The van der Waals surface area contributed by atoms with Gasteiger partial charge in [-0.1, -0.05) is 0 Å². The van der Waals surface area contributed by atoms with Crippen LogP contribution >= 0.6 is 0 Å². The van der Waals surface area contributed by atoms with Crippen molar-refractivity contribution in [1.82, 2.24) is 19.4 Å². The Hall–Kier alpha value is -2.20. The van der Waals surface area contributed by atoms with E-state index in [9.17, 15) is 0 Å². The van der Waals surface area contributed by atoms with E-state index in [1.807, 2.05) is 24.8 Å². The van der Waals surface area contributed by atoms with Gasteiger partial charge in [0, 0.05) is 55.7 Å². The molecule has 3 aromatic heterocycles. The molecule has 4 nitrogen and oxygen atoms in total. The van der Waals surface area contributed by atoms with Crippen LogP contribution in [0.15, 0.2) is 43.0 Å². The zero-order valence-electron chi connectivity index (χ0n) is 12.9. The van der Waals surface area contributed by atoms with E-state index in [0.29, 0.717) is 0 Å². The molecule has 0 atom stereocenters. The van der Waals surface area contributed by atoms with Gasteiger partial charge in [0.15, 0.2) is 0 Å². The van der Waals surface area contributed by atoms with E-state index in [-0.39, 0.29) is 0 Å². The van der Waals surface area contributed by atoms with Gasteiger partial charge in [0.2, 0.25) is 0 Å². The van der Waals surface area contributed by atoms with Gasteiger partial charge in [0.1, 0.15) is 0 Å². The smallest absolute Gasteiger partial charge is 0.0672 e. The van der Waals surface area contributed by atoms with E-state index in [1.165, 1.54) is 27.7 Å². The minimum atomic E-state index is 1.01. The summed E-state index contributed by atoms with van der Waals surface area (Å²) >= 11 is 0. The van der Waals surface area contributed by atoms with Gasteiger partial charge in [-0.25, -0.2) is 0 Å². The number of aromatic nitrogens is 3. The third-order valence-corrected chi connectivity index (χ3v) is 4.62. The monoisotopic (exact) mass is 292 g/mol. The first-order valence-electron chi connectivity index (χ1n) is 7.84. The van der Waals surface area contributed by atoms with Crippen molar-refractivity contribution in [2.45, 2.75) is 25.9 Å². The summed E-state index contributed by atoms with van der Waals surface area (Å²) in [6.07, 6.45) is 9.81. The van der Waals surface area contributed by atoms with Crippen LogP contribution in [0.5, 0.6) is 0 Å². The summed E-state index contributed by atoms with van der Waals surface area (Å²) in [6.45, 7) is 3.18. The first kappa shape index (κ1) is 13.5. The van der Waals surface area contributed by atoms with Gasteiger partial charge < -0.3 is 9.47 Å². The number of hydrogen-bond acceptors (Lipinski definition) is 3. The lowest BCUT2D eigenvalue weighted by Crippen LogP contribution is -2.27. The highest BCUT2D eigenvalue weighted by Crippen LogP contribution is 2.30. The minimum Gasteiger partial charge on any atom is -0.343 e. The normalized spacial score (nSPS) is 15.1. The zero-order valence-corrected chi connectivity index (χ0v) is 12.9. The standard InChI is InChI=1S/C18H20N4/c1-21-10-6-17-16(13-21)15-4-9-20-12-18(15)22(17)11-5-14-2-7-19-8-3-14/h2-4,7-9,12H,5-6,10-11,13H2,1H3. The molecule has 22 heavy (non-hydrogen) atoms. The fourth-order valence-corrected chi connectivity index (χ4v) is 3.47. The number of nitrogens with zero attached hydrogens (tertiary/aromatic N) is 4. The van der Waals surface area contributed by atoms with Gasteiger partial charge in [-0.3, -0.25) is 9.97 Å². The summed E-state index contributed by atoms with van der Waals surface area (Å²) < 4.78 is 2.48. The van der Waals surface area contributed by atoms with E-state index in [2.05, 4.69) is 44.7 Å². The maximum atomic E-state index is 4.35. The van der Waals surface area contributed by atoms with Crippen LogP contribution in [0.2, 0.25) is 0 Å². The Balaban J connectivity index is 1.74. The van der Waals surface area contributed by atoms with Crippen LogP contribution in [-0.4, -0.2) is 33.0 Å². The van der Waals surface area contributed by atoms with Gasteiger partial charge >= 0.3 is 0 Å². The molecule has 3 aromatic rings. The second kappa shape index (κ2) is 5.54. The maximum absolute atomic E-state index is 4.35. The molecule has 1 aliphatic rings. The van der Waals surface area contributed by atoms with Gasteiger partial charge in [-0.15, -0.1) is 0 Å². The first-order valence-corrected chi connectivity index (χ1v) is 7.84. The van der Waals surface area contributed by atoms with Crippen LogP contribution in [0.25, 0.3) is 10.9 Å². The molecule has 4 heteroatoms. The lowest BCUT2D eigenvalue weighted by Gasteiger charge is -2.24. The summed E-state index contributed by atoms with van der Waals surface area (Å²) in [5.74, 6) is 0. The van der Waals surface area contributed by atoms with Crippen molar-refractivity contribution in [3.63, 3.8) is 0 Å². The van der Waals surface area contributed by atoms with E-state index in [4.69, 9.17) is 0 Å². The largest absolute Gasteiger partial charge is 0.343 e. The fourth-order valence-electron chi connectivity index (χ4n) is 3.47. The molecule has 0 amide bonds. The summed E-state index contributed by atoms with van der Waals surface area (Å²) in [4.78, 5) is 10.8. The Bertz CT molecular complexity index is 791. The Kier molecular flexibility index (Phi) is 3.39. The van der Waals surface area contributed by atoms with Crippen molar-refractivity contribution in [2.24, 2.45) is 0 Å². The molecule has 0 aromatic carbocycles. The summed E-state index contributed by atoms with van der Waals surface area (Å²) in [5.41, 5.74) is 5.59. The Morgan fingerprint density at radius 3 is 2.77 bits per heavy atom. The number of likely N-dealkylation sites (N-methyl/N-ethyl adjacent to an activating group) is 1. The van der Waals surface area contributed by atoms with Crippen LogP contribution in [-0.2, 0) is 25.9 Å². The van der Waals surface area contributed by atoms with Gasteiger partial charge in [0.25, 0.3) is 0 Å². The van der Waals surface area contributed by atoms with E-state index < -0.39 is 0 Å². The summed E-state index contributed by atoms with van der Waals surface area (Å²) in [6, 6.07) is 6.37. The van der Waals surface area contributed by atoms with Gasteiger partial charge in [0.05, 0.1) is 11.7 Å². The number of pyridine rings is 2. The summed E-state index contributed by atoms with van der Waals surface area (Å²) in [5, 5.41) is 1.37. The highest BCUT2D eigenvalue weighted by molar-refractivity contribution is 5.85. The molecular weight excluding hydrogens is 272 g/mol. The second-order valence-corrected chi connectivity index (χ2v) is 6.06. The average molecular weight is 292 g/mol. The van der Waals surface area contributed by atoms with Crippen molar-refractivity contribution in [3.8, 4) is 0 Å². The van der Waals surface area contributed by atoms with Crippen molar-refractivity contribution >= 4 is 10.9 Å². The van der Waals surface area contributed by atoms with Crippen LogP contribution in [0, 0.1) is 0 Å². The maximum Gasteiger partial charge on any atom is 0.0672 e. The van der Waals surface area contributed by atoms with E-state index in [1.54, 1.807) is 0 Å². The number of aryl methyl sites for hydroxylation is 2. The molecule has 0 saturated carbocycles. The van der Waals surface area contributed by atoms with E-state index in [0.717, 1.165) is 32.5 Å². The second-order valence-electron chi connectivity index (χ2n) is 6.06. The molecule has 0 bridgehead atoms. The fraction of sp³-hybridized carbons (Fsp3) is 0.333. The molecule has 0 aliphatic carbocycles. The first-order chi connectivity index (χ1) is 10.8. The lowest BCUT2D eigenvalue weighted by molar-refractivity contribution is 0.309. The predicted molar refractivity (Wildman–Crippen MR) is 87.7 cm³/mol. The molecule has 0 N–H and O–H groups in total. The highest BCUT2D eigenvalue weighted by atomic mass is 15.1. The quantitative estimate of drug-likeness (QED) is 0.744. The molecule has 1 aliphatic heterocycles. The molecule has 0 radical (unpaired) electrons. The predicted octanol–water partition coefficient (Wildman–Crippen LogP) is 2.66. The third kappa shape index (κ3) is 2.29. The third-order valence-electron chi connectivity index (χ3n) is 4.62. The van der Waals surface area contributed by atoms with Crippen LogP contribution in [0.4, 0.5) is 0 Å². The molecule has 0 saturated heterocycles. The molecular formula is C18H20N4. The van der Waals surface area contributed by atoms with E-state index >= 15 is 0 Å². The number of rotatable bonds is 3. The summed E-state index contributed by atoms with van der Waals surface area (Å²) in [7, 11) is 2.20. The number of hydrogen-bond donors (Lipinski definition) is 0. The Labute approximate surface area is 130 Å². The lowest BCUT2D eigenvalue weighted by atomic mass is 10.1. The van der Waals surface area contributed by atoms with Gasteiger partial charge in [-0.05, 0) is 42.8 Å². The van der Waals surface area contributed by atoms with Crippen LogP contribution in [0.1, 0.15) is 16.8 Å². The number of fused-ring (bicyclic) bond motifs is 3. The average Bonchev–Trinajstić information content (AvgIpc) is 2.87. The Morgan fingerprint density at radius 1 is 1.09 bits per heavy atom. The van der Waals surface area contributed by atoms with Crippen molar-refractivity contribution in [3.05, 3.63) is 59.8 Å². The molecule has 0 spiro atoms. The van der Waals surface area contributed by atoms with Crippen molar-refractivity contribution in [2.75, 3.05) is 13.6 Å². The van der Waals surface area contributed by atoms with Crippen LogP contribution < -0.4 is 0 Å². The minimum absolute atomic E-state index is 1.01. The van der Waals surface area contributed by atoms with Crippen molar-refractivity contribution < 1.29 is 0 Å². The Morgan fingerprint density at radius 2 is 1.91 bits per heavy atom. The van der Waals surface area contributed by atoms with Gasteiger partial charge in [-0.2, -0.15) is 0 Å². The van der Waals surface area contributed by atoms with Crippen molar-refractivity contribution in [1.29, 1.82) is 0 Å². The highest BCUT2D eigenvalue weighted by Gasteiger charge is 2.21. The van der Waals surface area contributed by atoms with Crippen LogP contribution in [0.3, 0.4) is 0 Å². The topological polar surface area (TPSA) is 34.0 Å².